The quantitative estimate of drug-likeness (QED) is 0.744. The lowest BCUT2D eigenvalue weighted by molar-refractivity contribution is 0.0225. The Morgan fingerprint density at radius 1 is 1.60 bits per heavy atom. The third kappa shape index (κ3) is 2.77. The first-order valence-electron chi connectivity index (χ1n) is 5.26. The number of nitrogens with zero attached hydrogens (tertiary/aromatic N) is 2. The Morgan fingerprint density at radius 2 is 2.47 bits per heavy atom. The summed E-state index contributed by atoms with van der Waals surface area (Å²) in [4.78, 5) is 9.75. The summed E-state index contributed by atoms with van der Waals surface area (Å²) < 4.78 is 5.61. The number of imidazole rings is 1. The van der Waals surface area contributed by atoms with Gasteiger partial charge in [-0.25, -0.2) is 4.98 Å². The Balaban J connectivity index is 1.99. The minimum atomic E-state index is 0.0784. The molecule has 1 saturated heterocycles. The van der Waals surface area contributed by atoms with Gasteiger partial charge in [-0.2, -0.15) is 0 Å². The van der Waals surface area contributed by atoms with Crippen molar-refractivity contribution in [2.45, 2.75) is 12.6 Å². The van der Waals surface area contributed by atoms with Crippen molar-refractivity contribution in [2.24, 2.45) is 0 Å². The number of hydrogen-bond donors (Lipinski definition) is 2. The minimum absolute atomic E-state index is 0.0784. The van der Waals surface area contributed by atoms with Crippen LogP contribution in [0.15, 0.2) is 6.20 Å². The topological polar surface area (TPSA) is 53.2 Å². The van der Waals surface area contributed by atoms with E-state index in [1.54, 1.807) is 0 Å². The van der Waals surface area contributed by atoms with Gasteiger partial charge in [0.15, 0.2) is 0 Å². The number of ether oxygens (including phenoxy) is 1. The Labute approximate surface area is 89.8 Å². The van der Waals surface area contributed by atoms with Crippen LogP contribution in [0.1, 0.15) is 17.6 Å². The molecular weight excluding hydrogens is 192 g/mol. The van der Waals surface area contributed by atoms with Crippen LogP contribution in [-0.2, 0) is 11.3 Å². The van der Waals surface area contributed by atoms with Gasteiger partial charge in [0.25, 0.3) is 0 Å². The Kier molecular flexibility index (Phi) is 3.35. The molecular formula is C10H18N4O. The normalized spacial score (nSPS) is 22.2. The fourth-order valence-electron chi connectivity index (χ4n) is 1.70. The average molecular weight is 210 g/mol. The second kappa shape index (κ2) is 4.74. The molecule has 2 heterocycles. The molecule has 0 bridgehead atoms. The average Bonchev–Trinajstić information content (AvgIpc) is 2.67. The highest BCUT2D eigenvalue weighted by Gasteiger charge is 2.18. The van der Waals surface area contributed by atoms with Gasteiger partial charge in [-0.1, -0.05) is 0 Å². The van der Waals surface area contributed by atoms with E-state index in [9.17, 15) is 0 Å². The van der Waals surface area contributed by atoms with Crippen LogP contribution in [0.3, 0.4) is 0 Å². The lowest BCUT2D eigenvalue weighted by Crippen LogP contribution is -2.33. The predicted octanol–water partition coefficient (Wildman–Crippen LogP) is 0.132. The van der Waals surface area contributed by atoms with Gasteiger partial charge in [-0.05, 0) is 14.1 Å². The minimum Gasteiger partial charge on any atom is -0.368 e. The molecule has 5 heteroatoms. The summed E-state index contributed by atoms with van der Waals surface area (Å²) in [7, 11) is 4.08. The van der Waals surface area contributed by atoms with E-state index in [2.05, 4.69) is 20.2 Å². The zero-order valence-corrected chi connectivity index (χ0v) is 9.29. The fraction of sp³-hybridized carbons (Fsp3) is 0.700. The smallest absolute Gasteiger partial charge is 0.136 e. The van der Waals surface area contributed by atoms with Gasteiger partial charge < -0.3 is 19.9 Å². The van der Waals surface area contributed by atoms with Gasteiger partial charge in [0.1, 0.15) is 11.9 Å². The van der Waals surface area contributed by atoms with E-state index >= 15 is 0 Å². The molecule has 15 heavy (non-hydrogen) atoms. The summed E-state index contributed by atoms with van der Waals surface area (Å²) in [5.41, 5.74) is 1.13. The highest BCUT2D eigenvalue weighted by Crippen LogP contribution is 2.15. The molecule has 2 N–H and O–H groups in total. The van der Waals surface area contributed by atoms with E-state index in [1.807, 2.05) is 20.3 Å². The Morgan fingerprint density at radius 3 is 3.13 bits per heavy atom. The molecule has 0 saturated carbocycles. The molecule has 0 aromatic carbocycles. The van der Waals surface area contributed by atoms with Crippen LogP contribution >= 0.6 is 0 Å². The molecule has 1 aromatic heterocycles. The third-order valence-electron chi connectivity index (χ3n) is 2.37. The van der Waals surface area contributed by atoms with Crippen molar-refractivity contribution in [3.8, 4) is 0 Å². The van der Waals surface area contributed by atoms with E-state index in [-0.39, 0.29) is 6.10 Å². The lowest BCUT2D eigenvalue weighted by Gasteiger charge is -2.21. The molecule has 0 amide bonds. The molecule has 0 spiro atoms. The van der Waals surface area contributed by atoms with E-state index in [4.69, 9.17) is 4.74 Å². The lowest BCUT2D eigenvalue weighted by atomic mass is 10.3. The van der Waals surface area contributed by atoms with Crippen molar-refractivity contribution in [1.29, 1.82) is 0 Å². The number of rotatable bonds is 3. The zero-order valence-electron chi connectivity index (χ0n) is 9.29. The first kappa shape index (κ1) is 10.6. The van der Waals surface area contributed by atoms with Gasteiger partial charge >= 0.3 is 0 Å². The van der Waals surface area contributed by atoms with Gasteiger partial charge in [0.05, 0.1) is 6.61 Å². The summed E-state index contributed by atoms with van der Waals surface area (Å²) in [6, 6.07) is 0. The highest BCUT2D eigenvalue weighted by molar-refractivity contribution is 5.04. The first-order chi connectivity index (χ1) is 7.25. The fourth-order valence-corrected chi connectivity index (χ4v) is 1.70. The predicted molar refractivity (Wildman–Crippen MR) is 57.5 cm³/mol. The highest BCUT2D eigenvalue weighted by atomic mass is 16.5. The molecule has 1 fully saturated rings. The molecule has 1 atom stereocenters. The Hall–Kier alpha value is -0.910. The number of aromatic nitrogens is 2. The van der Waals surface area contributed by atoms with Gasteiger partial charge in [0.2, 0.25) is 0 Å². The summed E-state index contributed by atoms with van der Waals surface area (Å²) in [6.07, 6.45) is 1.96. The molecule has 1 aliphatic heterocycles. The second-order valence-corrected chi connectivity index (χ2v) is 4.10. The number of hydrogen-bond acceptors (Lipinski definition) is 4. The summed E-state index contributed by atoms with van der Waals surface area (Å²) >= 11 is 0. The van der Waals surface area contributed by atoms with Crippen LogP contribution in [0.4, 0.5) is 0 Å². The summed E-state index contributed by atoms with van der Waals surface area (Å²) in [5.74, 6) is 0.930. The number of H-pyrrole nitrogens is 1. The molecule has 0 aliphatic carbocycles. The standard InChI is InChI=1S/C10H18N4O/c1-14(2)7-8-5-12-10(13-8)9-6-11-3-4-15-9/h5,9,11H,3-4,6-7H2,1-2H3,(H,12,13)/t9-/m0/s1. The Bertz CT molecular complexity index is 304. The van der Waals surface area contributed by atoms with E-state index in [0.717, 1.165) is 37.8 Å². The maximum atomic E-state index is 5.61. The number of aromatic amines is 1. The van der Waals surface area contributed by atoms with Crippen molar-refractivity contribution in [3.63, 3.8) is 0 Å². The summed E-state index contributed by atoms with van der Waals surface area (Å²) in [6.45, 7) is 3.41. The van der Waals surface area contributed by atoms with Crippen LogP contribution in [0.25, 0.3) is 0 Å². The second-order valence-electron chi connectivity index (χ2n) is 4.10. The van der Waals surface area contributed by atoms with Crippen LogP contribution in [0, 0.1) is 0 Å². The molecule has 5 nitrogen and oxygen atoms in total. The molecule has 84 valence electrons. The first-order valence-corrected chi connectivity index (χ1v) is 5.26. The van der Waals surface area contributed by atoms with Crippen LogP contribution in [-0.4, -0.2) is 48.7 Å². The van der Waals surface area contributed by atoms with Crippen LogP contribution < -0.4 is 5.32 Å². The van der Waals surface area contributed by atoms with Crippen molar-refractivity contribution < 1.29 is 4.74 Å². The van der Waals surface area contributed by atoms with Gasteiger partial charge in [-0.15, -0.1) is 0 Å². The maximum Gasteiger partial charge on any atom is 0.136 e. The zero-order chi connectivity index (χ0) is 10.7. The van der Waals surface area contributed by atoms with Crippen molar-refractivity contribution in [1.82, 2.24) is 20.2 Å². The van der Waals surface area contributed by atoms with Crippen LogP contribution in [0.2, 0.25) is 0 Å². The van der Waals surface area contributed by atoms with E-state index in [0.29, 0.717) is 0 Å². The molecule has 0 radical (unpaired) electrons. The van der Waals surface area contributed by atoms with E-state index < -0.39 is 0 Å². The van der Waals surface area contributed by atoms with Crippen molar-refractivity contribution in [2.75, 3.05) is 33.8 Å². The van der Waals surface area contributed by atoms with E-state index in [1.165, 1.54) is 0 Å². The number of morpholine rings is 1. The third-order valence-corrected chi connectivity index (χ3v) is 2.37. The number of nitrogens with one attached hydrogen (secondary N) is 2. The molecule has 1 aromatic rings. The molecule has 2 rings (SSSR count). The van der Waals surface area contributed by atoms with Gasteiger partial charge in [-0.3, -0.25) is 0 Å². The maximum absolute atomic E-state index is 5.61. The molecule has 0 unspecified atom stereocenters. The van der Waals surface area contributed by atoms with Crippen LogP contribution in [0.5, 0.6) is 0 Å². The SMILES string of the molecule is CN(C)Cc1cnc([C@@H]2CNCCO2)[nH]1. The van der Waals surface area contributed by atoms with Crippen molar-refractivity contribution in [3.05, 3.63) is 17.7 Å². The van der Waals surface area contributed by atoms with Crippen molar-refractivity contribution >= 4 is 0 Å². The van der Waals surface area contributed by atoms with Gasteiger partial charge in [0, 0.05) is 31.5 Å². The monoisotopic (exact) mass is 210 g/mol. The molecule has 1 aliphatic rings. The summed E-state index contributed by atoms with van der Waals surface area (Å²) in [5, 5.41) is 3.29. The largest absolute Gasteiger partial charge is 0.368 e.